The van der Waals surface area contributed by atoms with Crippen LogP contribution in [-0.2, 0) is 11.3 Å². The zero-order valence-electron chi connectivity index (χ0n) is 15.5. The smallest absolute Gasteiger partial charge is 0.233 e. The lowest BCUT2D eigenvalue weighted by molar-refractivity contribution is -0.127. The first-order chi connectivity index (χ1) is 12.9. The van der Waals surface area contributed by atoms with E-state index in [1.54, 1.807) is 9.58 Å². The van der Waals surface area contributed by atoms with E-state index in [1.165, 1.54) is 39.8 Å². The van der Waals surface area contributed by atoms with Crippen molar-refractivity contribution in [2.45, 2.75) is 24.7 Å². The van der Waals surface area contributed by atoms with Crippen molar-refractivity contribution in [3.8, 4) is 5.69 Å². The summed E-state index contributed by atoms with van der Waals surface area (Å²) in [6.07, 6.45) is 0. The Kier molecular flexibility index (Phi) is 6.46. The molecule has 0 N–H and O–H groups in total. The number of carbonyl (C=O) groups is 1. The molecule has 3 rings (SSSR count). The molecule has 0 saturated carbocycles. The van der Waals surface area contributed by atoms with Crippen LogP contribution in [0.5, 0.6) is 0 Å². The number of rotatable bonds is 6. The second-order valence-corrected chi connectivity index (χ2v) is 9.19. The first kappa shape index (κ1) is 19.8. The Balaban J connectivity index is 1.61. The van der Waals surface area contributed by atoms with E-state index in [9.17, 15) is 4.79 Å². The topological polar surface area (TPSA) is 38.1 Å². The molecule has 3 aromatic rings. The van der Waals surface area contributed by atoms with E-state index in [4.69, 9.17) is 12.2 Å². The Morgan fingerprint density at radius 1 is 1.22 bits per heavy atom. The van der Waals surface area contributed by atoms with Gasteiger partial charge in [0.05, 0.1) is 11.4 Å². The van der Waals surface area contributed by atoms with Crippen molar-refractivity contribution in [2.24, 2.45) is 0 Å². The molecule has 0 fully saturated rings. The number of aromatic nitrogens is 2. The molecule has 0 aliphatic rings. The van der Waals surface area contributed by atoms with Gasteiger partial charge in [0.25, 0.3) is 0 Å². The minimum Gasteiger partial charge on any atom is -0.341 e. The monoisotopic (exact) mass is 415 g/mol. The number of nitrogens with zero attached hydrogens (tertiary/aromatic N) is 3. The van der Waals surface area contributed by atoms with E-state index in [-0.39, 0.29) is 5.91 Å². The van der Waals surface area contributed by atoms with Gasteiger partial charge in [-0.05, 0) is 49.3 Å². The van der Waals surface area contributed by atoms with Crippen LogP contribution in [0.3, 0.4) is 0 Å². The molecule has 0 unspecified atom stereocenters. The molecule has 1 aromatic heterocycles. The number of hydrogen-bond acceptors (Lipinski definition) is 5. The molecule has 0 aliphatic carbocycles. The number of benzene rings is 2. The van der Waals surface area contributed by atoms with Gasteiger partial charge in [-0.3, -0.25) is 4.79 Å². The Morgan fingerprint density at radius 2 is 1.96 bits per heavy atom. The van der Waals surface area contributed by atoms with Crippen molar-refractivity contribution in [1.82, 2.24) is 14.7 Å². The normalized spacial score (nSPS) is 10.8. The van der Waals surface area contributed by atoms with Crippen LogP contribution in [0, 0.1) is 17.8 Å². The van der Waals surface area contributed by atoms with Crippen LogP contribution in [0.1, 0.15) is 16.7 Å². The first-order valence-electron chi connectivity index (χ1n) is 8.52. The van der Waals surface area contributed by atoms with Gasteiger partial charge in [0.2, 0.25) is 5.91 Å². The van der Waals surface area contributed by atoms with Gasteiger partial charge < -0.3 is 4.90 Å². The number of amides is 1. The fourth-order valence-corrected chi connectivity index (χ4v) is 4.95. The van der Waals surface area contributed by atoms with Gasteiger partial charge in [0.1, 0.15) is 0 Å². The molecule has 27 heavy (non-hydrogen) atoms. The number of aryl methyl sites for hydroxylation is 2. The minimum absolute atomic E-state index is 0.0763. The van der Waals surface area contributed by atoms with Crippen LogP contribution in [0.2, 0.25) is 0 Å². The van der Waals surface area contributed by atoms with E-state index in [2.05, 4.69) is 37.1 Å². The molecule has 4 nitrogen and oxygen atoms in total. The molecular formula is C20H21N3OS3. The lowest BCUT2D eigenvalue weighted by atomic mass is 10.1. The Bertz CT molecular complexity index is 995. The van der Waals surface area contributed by atoms with Crippen molar-refractivity contribution in [2.75, 3.05) is 12.8 Å². The predicted octanol–water partition coefficient (Wildman–Crippen LogP) is 5.03. The van der Waals surface area contributed by atoms with Gasteiger partial charge in [0, 0.05) is 13.6 Å². The van der Waals surface area contributed by atoms with Gasteiger partial charge in [-0.2, -0.15) is 0 Å². The molecule has 1 amide bonds. The van der Waals surface area contributed by atoms with Crippen molar-refractivity contribution in [3.63, 3.8) is 0 Å². The summed E-state index contributed by atoms with van der Waals surface area (Å²) in [6.45, 7) is 4.77. The lowest BCUT2D eigenvalue weighted by Crippen LogP contribution is -2.28. The largest absolute Gasteiger partial charge is 0.341 e. The maximum Gasteiger partial charge on any atom is 0.233 e. The van der Waals surface area contributed by atoms with Gasteiger partial charge in [0.15, 0.2) is 8.29 Å². The predicted molar refractivity (Wildman–Crippen MR) is 115 cm³/mol. The van der Waals surface area contributed by atoms with Crippen molar-refractivity contribution >= 4 is 41.2 Å². The number of hydrogen-bond donors (Lipinski definition) is 0. The molecule has 2 aromatic carbocycles. The lowest BCUT2D eigenvalue weighted by Gasteiger charge is -2.18. The summed E-state index contributed by atoms with van der Waals surface area (Å²) in [4.78, 5) is 14.3. The van der Waals surface area contributed by atoms with Crippen LogP contribution in [0.4, 0.5) is 0 Å². The summed E-state index contributed by atoms with van der Waals surface area (Å²) in [5.41, 5.74) is 4.55. The van der Waals surface area contributed by atoms with E-state index in [1.807, 2.05) is 37.4 Å². The molecule has 0 aliphatic heterocycles. The number of para-hydroxylation sites is 1. The molecule has 0 spiro atoms. The highest BCUT2D eigenvalue weighted by Gasteiger charge is 2.13. The summed E-state index contributed by atoms with van der Waals surface area (Å²) in [7, 11) is 1.84. The van der Waals surface area contributed by atoms with Crippen LogP contribution < -0.4 is 0 Å². The van der Waals surface area contributed by atoms with Crippen LogP contribution >= 0.6 is 35.3 Å². The molecule has 0 atom stereocenters. The fourth-order valence-electron chi connectivity index (χ4n) is 2.65. The van der Waals surface area contributed by atoms with E-state index >= 15 is 0 Å². The average Bonchev–Trinajstić information content (AvgIpc) is 3.03. The average molecular weight is 416 g/mol. The Morgan fingerprint density at radius 3 is 2.67 bits per heavy atom. The summed E-state index contributed by atoms with van der Waals surface area (Å²) in [6, 6.07) is 16.1. The second-order valence-electron chi connectivity index (χ2n) is 6.35. The summed E-state index contributed by atoms with van der Waals surface area (Å²) in [5, 5.41) is 4.54. The standard InChI is InChI=1S/C20H21N3OS3/c1-14-9-10-16(15(2)11-14)12-22(3)18(24)13-26-19-21-23(20(25)27-19)17-7-5-4-6-8-17/h4-11H,12-13H2,1-3H3. The van der Waals surface area contributed by atoms with E-state index in [0.29, 0.717) is 16.3 Å². The molecule has 0 bridgehead atoms. The molecule has 0 radical (unpaired) electrons. The third kappa shape index (κ3) is 5.06. The maximum atomic E-state index is 12.5. The van der Waals surface area contributed by atoms with Gasteiger partial charge >= 0.3 is 0 Å². The minimum atomic E-state index is 0.0763. The fraction of sp³-hybridized carbons (Fsp3) is 0.250. The summed E-state index contributed by atoms with van der Waals surface area (Å²) >= 11 is 8.27. The van der Waals surface area contributed by atoms with Crippen LogP contribution in [-0.4, -0.2) is 33.4 Å². The molecular weight excluding hydrogens is 394 g/mol. The number of thioether (sulfide) groups is 1. The molecule has 1 heterocycles. The highest BCUT2D eigenvalue weighted by molar-refractivity contribution is 8.01. The highest BCUT2D eigenvalue weighted by atomic mass is 32.2. The highest BCUT2D eigenvalue weighted by Crippen LogP contribution is 2.24. The summed E-state index contributed by atoms with van der Waals surface area (Å²) in [5.74, 6) is 0.422. The first-order valence-corrected chi connectivity index (χ1v) is 10.7. The van der Waals surface area contributed by atoms with Crippen molar-refractivity contribution in [1.29, 1.82) is 0 Å². The molecule has 140 valence electrons. The maximum absolute atomic E-state index is 12.5. The third-order valence-corrected chi connectivity index (χ3v) is 6.53. The van der Waals surface area contributed by atoms with Gasteiger partial charge in [-0.15, -0.1) is 5.10 Å². The van der Waals surface area contributed by atoms with Crippen LogP contribution in [0.25, 0.3) is 5.69 Å². The van der Waals surface area contributed by atoms with Gasteiger partial charge in [-0.1, -0.05) is 65.1 Å². The Labute approximate surface area is 172 Å². The Hall–Kier alpha value is -1.96. The van der Waals surface area contributed by atoms with E-state index < -0.39 is 0 Å². The quantitative estimate of drug-likeness (QED) is 0.418. The molecule has 0 saturated heterocycles. The van der Waals surface area contributed by atoms with Crippen LogP contribution in [0.15, 0.2) is 52.9 Å². The SMILES string of the molecule is Cc1ccc(CN(C)C(=O)CSc2nn(-c3ccccc3)c(=S)s2)c(C)c1. The zero-order valence-corrected chi connectivity index (χ0v) is 18.0. The number of carbonyl (C=O) groups excluding carboxylic acids is 1. The van der Waals surface area contributed by atoms with E-state index in [0.717, 1.165) is 10.0 Å². The van der Waals surface area contributed by atoms with Gasteiger partial charge in [-0.25, -0.2) is 4.68 Å². The van der Waals surface area contributed by atoms with Crippen molar-refractivity contribution in [3.05, 3.63) is 69.2 Å². The third-order valence-electron chi connectivity index (χ3n) is 4.18. The van der Waals surface area contributed by atoms with Crippen molar-refractivity contribution < 1.29 is 4.79 Å². The summed E-state index contributed by atoms with van der Waals surface area (Å²) < 4.78 is 3.23. The second kappa shape index (κ2) is 8.82. The zero-order chi connectivity index (χ0) is 19.4. The molecule has 7 heteroatoms.